The van der Waals surface area contributed by atoms with E-state index in [0.717, 1.165) is 16.9 Å². The third-order valence-corrected chi connectivity index (χ3v) is 4.24. The molecule has 0 radical (unpaired) electrons. The number of nitrogens with one attached hydrogen (secondary N) is 2. The normalized spacial score (nSPS) is 11.7. The fourth-order valence-corrected chi connectivity index (χ4v) is 2.74. The average Bonchev–Trinajstić information content (AvgIpc) is 2.69. The first-order chi connectivity index (χ1) is 13.0. The molecule has 1 amide bonds. The van der Waals surface area contributed by atoms with Crippen LogP contribution in [0.5, 0.6) is 0 Å². The van der Waals surface area contributed by atoms with Gasteiger partial charge in [-0.25, -0.2) is 0 Å². The summed E-state index contributed by atoms with van der Waals surface area (Å²) in [5.41, 5.74) is 3.52. The summed E-state index contributed by atoms with van der Waals surface area (Å²) in [6.07, 6.45) is 1.26. The number of nitrogens with zero attached hydrogens (tertiary/aromatic N) is 1. The van der Waals surface area contributed by atoms with E-state index in [0.29, 0.717) is 22.8 Å². The zero-order valence-electron chi connectivity index (χ0n) is 14.8. The van der Waals surface area contributed by atoms with Crippen LogP contribution in [-0.2, 0) is 0 Å². The molecular weight excluding hydrogens is 362 g/mol. The van der Waals surface area contributed by atoms with Crippen LogP contribution in [0.4, 0.5) is 11.4 Å². The quantitative estimate of drug-likeness (QED) is 0.589. The number of pyridine rings is 1. The van der Waals surface area contributed by atoms with Gasteiger partial charge in [0, 0.05) is 35.2 Å². The molecule has 0 aliphatic rings. The van der Waals surface area contributed by atoms with Gasteiger partial charge < -0.3 is 15.7 Å². The largest absolute Gasteiger partial charge is 0.392 e. The van der Waals surface area contributed by atoms with Gasteiger partial charge in [0.25, 0.3) is 5.91 Å². The molecule has 3 rings (SSSR count). The fraction of sp³-hybridized carbons (Fsp3) is 0.143. The number of amides is 1. The molecule has 5 nitrogen and oxygen atoms in total. The summed E-state index contributed by atoms with van der Waals surface area (Å²) in [5, 5.41) is 15.8. The number of benzene rings is 2. The van der Waals surface area contributed by atoms with Crippen LogP contribution in [0.25, 0.3) is 11.3 Å². The van der Waals surface area contributed by atoms with E-state index >= 15 is 0 Å². The van der Waals surface area contributed by atoms with Gasteiger partial charge in [0.1, 0.15) is 0 Å². The lowest BCUT2D eigenvalue weighted by Crippen LogP contribution is -2.15. The van der Waals surface area contributed by atoms with E-state index in [9.17, 15) is 9.90 Å². The van der Waals surface area contributed by atoms with E-state index < -0.39 is 6.10 Å². The van der Waals surface area contributed by atoms with Gasteiger partial charge in [0.15, 0.2) is 0 Å². The van der Waals surface area contributed by atoms with Crippen molar-refractivity contribution in [2.45, 2.75) is 13.0 Å². The highest BCUT2D eigenvalue weighted by Gasteiger charge is 2.10. The predicted molar refractivity (Wildman–Crippen MR) is 109 cm³/mol. The molecule has 0 unspecified atom stereocenters. The topological polar surface area (TPSA) is 74.2 Å². The lowest BCUT2D eigenvalue weighted by atomic mass is 10.1. The summed E-state index contributed by atoms with van der Waals surface area (Å²) < 4.78 is 0. The molecule has 0 saturated heterocycles. The Labute approximate surface area is 163 Å². The highest BCUT2D eigenvalue weighted by Crippen LogP contribution is 2.29. The van der Waals surface area contributed by atoms with Crippen molar-refractivity contribution in [1.29, 1.82) is 0 Å². The number of aromatic nitrogens is 1. The number of rotatable bonds is 6. The van der Waals surface area contributed by atoms with Crippen LogP contribution in [0.3, 0.4) is 0 Å². The van der Waals surface area contributed by atoms with Crippen LogP contribution in [0, 0.1) is 0 Å². The maximum Gasteiger partial charge on any atom is 0.255 e. The van der Waals surface area contributed by atoms with Crippen LogP contribution in [-0.4, -0.2) is 28.6 Å². The van der Waals surface area contributed by atoms with Crippen molar-refractivity contribution < 1.29 is 9.90 Å². The van der Waals surface area contributed by atoms with Crippen LogP contribution >= 0.6 is 11.6 Å². The minimum atomic E-state index is -0.439. The third-order valence-electron chi connectivity index (χ3n) is 3.91. The van der Waals surface area contributed by atoms with Crippen molar-refractivity contribution in [2.75, 3.05) is 17.2 Å². The Kier molecular flexibility index (Phi) is 6.06. The van der Waals surface area contributed by atoms with Crippen LogP contribution in [0.15, 0.2) is 66.9 Å². The van der Waals surface area contributed by atoms with Gasteiger partial charge in [-0.2, -0.15) is 0 Å². The number of carbonyl (C=O) groups excluding carboxylic acids is 1. The van der Waals surface area contributed by atoms with Gasteiger partial charge >= 0.3 is 0 Å². The Morgan fingerprint density at radius 2 is 1.85 bits per heavy atom. The first-order valence-electron chi connectivity index (χ1n) is 8.57. The van der Waals surface area contributed by atoms with Crippen molar-refractivity contribution in [3.05, 3.63) is 77.4 Å². The summed E-state index contributed by atoms with van der Waals surface area (Å²) in [5.74, 6) is -0.216. The van der Waals surface area contributed by atoms with E-state index in [4.69, 9.17) is 11.6 Å². The van der Waals surface area contributed by atoms with Crippen molar-refractivity contribution >= 4 is 28.9 Å². The molecule has 1 atom stereocenters. The lowest BCUT2D eigenvalue weighted by Gasteiger charge is -2.11. The van der Waals surface area contributed by atoms with Crippen LogP contribution < -0.4 is 10.6 Å². The average molecular weight is 382 g/mol. The number of hydrogen-bond donors (Lipinski definition) is 3. The zero-order chi connectivity index (χ0) is 19.2. The molecule has 3 N–H and O–H groups in total. The van der Waals surface area contributed by atoms with Crippen molar-refractivity contribution in [3.63, 3.8) is 0 Å². The van der Waals surface area contributed by atoms with Crippen molar-refractivity contribution in [2.24, 2.45) is 0 Å². The van der Waals surface area contributed by atoms with E-state index in [1.807, 2.05) is 18.2 Å². The Balaban J connectivity index is 1.72. The van der Waals surface area contributed by atoms with E-state index in [2.05, 4.69) is 15.6 Å². The van der Waals surface area contributed by atoms with Gasteiger partial charge in [-0.3, -0.25) is 9.78 Å². The molecule has 1 heterocycles. The summed E-state index contributed by atoms with van der Waals surface area (Å²) in [4.78, 5) is 16.8. The number of aliphatic hydroxyl groups excluding tert-OH is 1. The minimum absolute atomic E-state index is 0.216. The second-order valence-electron chi connectivity index (χ2n) is 6.17. The molecule has 0 aliphatic carbocycles. The van der Waals surface area contributed by atoms with Gasteiger partial charge in [0.2, 0.25) is 0 Å². The summed E-state index contributed by atoms with van der Waals surface area (Å²) >= 11 is 6.28. The zero-order valence-corrected chi connectivity index (χ0v) is 15.6. The molecule has 27 heavy (non-hydrogen) atoms. The first-order valence-corrected chi connectivity index (χ1v) is 8.95. The molecular formula is C21H20ClN3O2. The molecule has 0 bridgehead atoms. The van der Waals surface area contributed by atoms with Gasteiger partial charge in [-0.05, 0) is 61.5 Å². The SMILES string of the molecule is C[C@H](O)CNc1ccc(C(=O)Nc2ccc(Cl)c(-c3ccccn3)c2)cc1. The Morgan fingerprint density at radius 1 is 1.11 bits per heavy atom. The number of halogens is 1. The molecule has 0 aliphatic heterocycles. The van der Waals surface area contributed by atoms with Gasteiger partial charge in [-0.1, -0.05) is 17.7 Å². The number of anilines is 2. The number of aliphatic hydroxyl groups is 1. The summed E-state index contributed by atoms with van der Waals surface area (Å²) in [6, 6.07) is 18.0. The maximum atomic E-state index is 12.5. The maximum absolute atomic E-state index is 12.5. The summed E-state index contributed by atoms with van der Waals surface area (Å²) in [7, 11) is 0. The second kappa shape index (κ2) is 8.66. The number of carbonyl (C=O) groups is 1. The second-order valence-corrected chi connectivity index (χ2v) is 6.58. The fourth-order valence-electron chi connectivity index (χ4n) is 2.53. The smallest absolute Gasteiger partial charge is 0.255 e. The minimum Gasteiger partial charge on any atom is -0.392 e. The van der Waals surface area contributed by atoms with Crippen LogP contribution in [0.1, 0.15) is 17.3 Å². The molecule has 2 aromatic carbocycles. The highest BCUT2D eigenvalue weighted by atomic mass is 35.5. The Hall–Kier alpha value is -2.89. The lowest BCUT2D eigenvalue weighted by molar-refractivity contribution is 0.102. The van der Waals surface area contributed by atoms with E-state index in [1.54, 1.807) is 55.6 Å². The molecule has 0 fully saturated rings. The van der Waals surface area contributed by atoms with Gasteiger partial charge in [-0.15, -0.1) is 0 Å². The molecule has 6 heteroatoms. The first kappa shape index (κ1) is 18.9. The van der Waals surface area contributed by atoms with E-state index in [-0.39, 0.29) is 5.91 Å². The monoisotopic (exact) mass is 381 g/mol. The third kappa shape index (κ3) is 5.06. The molecule has 1 aromatic heterocycles. The van der Waals surface area contributed by atoms with Gasteiger partial charge in [0.05, 0.1) is 16.8 Å². The standard InChI is InChI=1S/C21H20ClN3O2/c1-14(26)13-24-16-7-5-15(6-8-16)21(27)25-17-9-10-19(22)18(12-17)20-4-2-3-11-23-20/h2-12,14,24,26H,13H2,1H3,(H,25,27)/t14-/m0/s1. The predicted octanol–water partition coefficient (Wildman–Crippen LogP) is 4.45. The molecule has 0 saturated carbocycles. The number of hydrogen-bond acceptors (Lipinski definition) is 4. The Morgan fingerprint density at radius 3 is 2.52 bits per heavy atom. The molecule has 0 spiro atoms. The van der Waals surface area contributed by atoms with Crippen LogP contribution in [0.2, 0.25) is 5.02 Å². The summed E-state index contributed by atoms with van der Waals surface area (Å²) in [6.45, 7) is 2.16. The Bertz CT molecular complexity index is 912. The van der Waals surface area contributed by atoms with Crippen molar-refractivity contribution in [3.8, 4) is 11.3 Å². The van der Waals surface area contributed by atoms with E-state index in [1.165, 1.54) is 0 Å². The molecule has 138 valence electrons. The molecule has 3 aromatic rings. The van der Waals surface area contributed by atoms with Crippen molar-refractivity contribution in [1.82, 2.24) is 4.98 Å². The highest BCUT2D eigenvalue weighted by molar-refractivity contribution is 6.33.